The first-order valence-corrected chi connectivity index (χ1v) is 14.7. The molecule has 10 nitrogen and oxygen atoms in total. The molecule has 0 bridgehead atoms. The van der Waals surface area contributed by atoms with Crippen molar-refractivity contribution in [1.82, 2.24) is 29.8 Å². The summed E-state index contributed by atoms with van der Waals surface area (Å²) in [4.78, 5) is 26.5. The number of hydrogen-bond donors (Lipinski definition) is 1. The van der Waals surface area contributed by atoms with E-state index in [4.69, 9.17) is 19.6 Å². The van der Waals surface area contributed by atoms with Crippen molar-refractivity contribution in [2.45, 2.75) is 51.5 Å². The predicted molar refractivity (Wildman–Crippen MR) is 162 cm³/mol. The zero-order valence-electron chi connectivity index (χ0n) is 24.8. The fourth-order valence-electron chi connectivity index (χ4n) is 6.08. The molecule has 0 radical (unpaired) electrons. The number of nitrogens with one attached hydrogen (secondary N) is 1. The third kappa shape index (κ3) is 5.70. The number of rotatable bonds is 9. The Kier molecular flexibility index (Phi) is 7.62. The quantitative estimate of drug-likeness (QED) is 0.316. The lowest BCUT2D eigenvalue weighted by molar-refractivity contribution is 0.217. The lowest BCUT2D eigenvalue weighted by atomic mass is 9.88. The number of benzene rings is 1. The van der Waals surface area contributed by atoms with Gasteiger partial charge in [0.05, 0.1) is 36.8 Å². The molecule has 2 aliphatic rings. The zero-order valence-corrected chi connectivity index (χ0v) is 24.8. The topological polar surface area (TPSA) is 97.1 Å². The van der Waals surface area contributed by atoms with Crippen LogP contribution in [0.5, 0.6) is 11.6 Å². The summed E-state index contributed by atoms with van der Waals surface area (Å²) >= 11 is 0. The van der Waals surface area contributed by atoms with Crippen LogP contribution in [0.4, 0.5) is 10.5 Å². The van der Waals surface area contributed by atoms with Crippen molar-refractivity contribution in [2.24, 2.45) is 0 Å². The largest absolute Gasteiger partial charge is 0.491 e. The average molecular weight is 570 g/mol. The molecule has 2 amide bonds. The molecule has 3 aromatic heterocycles. The maximum atomic E-state index is 13.0. The van der Waals surface area contributed by atoms with E-state index in [1.165, 1.54) is 5.56 Å². The summed E-state index contributed by atoms with van der Waals surface area (Å²) in [5.41, 5.74) is 4.95. The fraction of sp³-hybridized carbons (Fsp3) is 0.438. The first-order chi connectivity index (χ1) is 20.3. The van der Waals surface area contributed by atoms with Gasteiger partial charge in [-0.3, -0.25) is 0 Å². The molecule has 0 aliphatic carbocycles. The van der Waals surface area contributed by atoms with Crippen LogP contribution in [0.2, 0.25) is 0 Å². The van der Waals surface area contributed by atoms with Gasteiger partial charge in [-0.25, -0.2) is 19.3 Å². The van der Waals surface area contributed by atoms with E-state index in [0.717, 1.165) is 60.1 Å². The number of hydrogen-bond acceptors (Lipinski definition) is 7. The van der Waals surface area contributed by atoms with Gasteiger partial charge in [-0.1, -0.05) is 37.3 Å². The van der Waals surface area contributed by atoms with Gasteiger partial charge < -0.3 is 24.6 Å². The molecule has 42 heavy (non-hydrogen) atoms. The molecule has 220 valence electrons. The summed E-state index contributed by atoms with van der Waals surface area (Å²) in [7, 11) is 1.63. The highest BCUT2D eigenvalue weighted by molar-refractivity contribution is 5.78. The highest BCUT2D eigenvalue weighted by atomic mass is 16.5. The molecule has 10 heteroatoms. The molecule has 1 atom stereocenters. The number of fused-ring (bicyclic) bond motifs is 1. The monoisotopic (exact) mass is 569 g/mol. The second-order valence-corrected chi connectivity index (χ2v) is 11.6. The van der Waals surface area contributed by atoms with Gasteiger partial charge in [0.2, 0.25) is 5.88 Å². The number of aromatic nitrogens is 4. The second kappa shape index (κ2) is 11.5. The van der Waals surface area contributed by atoms with Crippen LogP contribution in [0.3, 0.4) is 0 Å². The molecular weight excluding hydrogens is 530 g/mol. The van der Waals surface area contributed by atoms with Crippen LogP contribution in [0.1, 0.15) is 48.3 Å². The number of anilines is 1. The van der Waals surface area contributed by atoms with Crippen LogP contribution in [0, 0.1) is 13.8 Å². The van der Waals surface area contributed by atoms with Crippen LogP contribution in [0.25, 0.3) is 5.65 Å². The third-order valence-corrected chi connectivity index (χ3v) is 8.57. The molecule has 1 spiro atoms. The van der Waals surface area contributed by atoms with Gasteiger partial charge in [-0.2, -0.15) is 5.10 Å². The van der Waals surface area contributed by atoms with E-state index >= 15 is 0 Å². The van der Waals surface area contributed by atoms with Gasteiger partial charge in [-0.05, 0) is 49.9 Å². The average Bonchev–Trinajstić information content (AvgIpc) is 3.56. The van der Waals surface area contributed by atoms with Crippen LogP contribution >= 0.6 is 0 Å². The standard InChI is InChI=1S/C32H39N7O3/c1-22-18-26(42-20-23(2)25-8-6-5-7-9-25)19-39-30(22)34-28(36-39)12-15-38-21-32(35-31(38)40)13-16-37(17-14-32)27-10-11-29(41-4)33-24(27)3/h5-11,18-19,23H,12-17,20-21H2,1-4H3,(H,35,40)/t23-/m0/s1. The van der Waals surface area contributed by atoms with Gasteiger partial charge in [0.25, 0.3) is 0 Å². The summed E-state index contributed by atoms with van der Waals surface area (Å²) in [5, 5.41) is 8.02. The highest BCUT2D eigenvalue weighted by Crippen LogP contribution is 2.32. The molecule has 1 N–H and O–H groups in total. The molecule has 0 saturated carbocycles. The molecule has 4 aromatic rings. The summed E-state index contributed by atoms with van der Waals surface area (Å²) in [6.45, 7) is 9.78. The number of urea groups is 1. The van der Waals surface area contributed by atoms with E-state index in [1.54, 1.807) is 11.6 Å². The molecule has 1 aromatic carbocycles. The van der Waals surface area contributed by atoms with E-state index in [9.17, 15) is 4.79 Å². The van der Waals surface area contributed by atoms with E-state index in [-0.39, 0.29) is 17.5 Å². The predicted octanol–water partition coefficient (Wildman–Crippen LogP) is 4.54. The van der Waals surface area contributed by atoms with Crippen molar-refractivity contribution in [3.63, 3.8) is 0 Å². The number of carbonyl (C=O) groups excluding carboxylic acids is 1. The third-order valence-electron chi connectivity index (χ3n) is 8.57. The van der Waals surface area contributed by atoms with Crippen LogP contribution < -0.4 is 19.7 Å². The van der Waals surface area contributed by atoms with Crippen LogP contribution in [0.15, 0.2) is 54.7 Å². The summed E-state index contributed by atoms with van der Waals surface area (Å²) in [6.07, 6.45) is 4.26. The molecule has 6 rings (SSSR count). The Morgan fingerprint density at radius 2 is 1.86 bits per heavy atom. The Morgan fingerprint density at radius 3 is 2.60 bits per heavy atom. The Bertz CT molecular complexity index is 1560. The fourth-order valence-corrected chi connectivity index (χ4v) is 6.08. The molecule has 0 unspecified atom stereocenters. The van der Waals surface area contributed by atoms with Gasteiger partial charge in [0.15, 0.2) is 11.5 Å². The maximum Gasteiger partial charge on any atom is 0.317 e. The van der Waals surface area contributed by atoms with E-state index in [0.29, 0.717) is 32.0 Å². The van der Waals surface area contributed by atoms with Crippen molar-refractivity contribution < 1.29 is 14.3 Å². The van der Waals surface area contributed by atoms with Crippen LogP contribution in [-0.2, 0) is 6.42 Å². The van der Waals surface area contributed by atoms with E-state index in [1.807, 2.05) is 43.1 Å². The van der Waals surface area contributed by atoms with Gasteiger partial charge in [-0.15, -0.1) is 0 Å². The molecule has 2 aliphatic heterocycles. The summed E-state index contributed by atoms with van der Waals surface area (Å²) < 4.78 is 13.2. The number of methoxy groups -OCH3 is 1. The maximum absolute atomic E-state index is 13.0. The molecule has 2 fully saturated rings. The van der Waals surface area contributed by atoms with Gasteiger partial charge >= 0.3 is 6.03 Å². The van der Waals surface area contributed by atoms with E-state index in [2.05, 4.69) is 52.5 Å². The second-order valence-electron chi connectivity index (χ2n) is 11.6. The minimum absolute atomic E-state index is 0.00564. The van der Waals surface area contributed by atoms with Crippen molar-refractivity contribution in [2.75, 3.05) is 44.8 Å². The van der Waals surface area contributed by atoms with Crippen LogP contribution in [-0.4, -0.2) is 75.9 Å². The number of ether oxygens (including phenoxy) is 2. The Labute approximate surface area is 246 Å². The van der Waals surface area contributed by atoms with Crippen molar-refractivity contribution in [1.29, 1.82) is 0 Å². The molecule has 2 saturated heterocycles. The molecular formula is C32H39N7O3. The number of aryl methyl sites for hydroxylation is 2. The first kappa shape index (κ1) is 27.8. The van der Waals surface area contributed by atoms with Crippen molar-refractivity contribution in [3.8, 4) is 11.6 Å². The number of carbonyl (C=O) groups is 1. The number of nitrogens with zero attached hydrogens (tertiary/aromatic N) is 6. The van der Waals surface area contributed by atoms with E-state index < -0.39 is 0 Å². The number of amides is 2. The van der Waals surface area contributed by atoms with Crippen molar-refractivity contribution in [3.05, 3.63) is 77.4 Å². The smallest absolute Gasteiger partial charge is 0.317 e. The minimum Gasteiger partial charge on any atom is -0.491 e. The number of pyridine rings is 2. The van der Waals surface area contributed by atoms with Gasteiger partial charge in [0, 0.05) is 44.6 Å². The molecule has 5 heterocycles. The number of piperidine rings is 1. The van der Waals surface area contributed by atoms with Gasteiger partial charge in [0.1, 0.15) is 5.75 Å². The first-order valence-electron chi connectivity index (χ1n) is 14.7. The zero-order chi connectivity index (χ0) is 29.3. The highest BCUT2D eigenvalue weighted by Gasteiger charge is 2.44. The Balaban J connectivity index is 1.05. The normalized spacial score (nSPS) is 17.1. The lowest BCUT2D eigenvalue weighted by Crippen LogP contribution is -2.52. The Morgan fingerprint density at radius 1 is 1.07 bits per heavy atom. The minimum atomic E-state index is -0.201. The Hall–Kier alpha value is -4.34. The SMILES string of the molecule is COc1ccc(N2CCC3(CC2)CN(CCc2nc4c(C)cc(OC[C@H](C)c5ccccc5)cn4n2)C(=O)N3)c(C)n1. The summed E-state index contributed by atoms with van der Waals surface area (Å²) in [5.74, 6) is 2.39. The lowest BCUT2D eigenvalue weighted by Gasteiger charge is -2.40. The van der Waals surface area contributed by atoms with Crippen molar-refractivity contribution >= 4 is 17.4 Å². The summed E-state index contributed by atoms with van der Waals surface area (Å²) in [6, 6.07) is 16.4.